The standard InChI is InChI=1S/C37H36BrN3O7/c1-36(2)18-27-34(29(42)20-36)33(35-28(19-37(3,4)21-30(35)43)39(27)15-14-22-8-6-5-7-9-22)23-10-12-31(25(38)16-23)48-32-13-11-24(40(44)45)17-26(32)41(46)47/h5-13,16-17,33H,14-15,18-21H2,1-4H3. The maximum absolute atomic E-state index is 14.2. The van der Waals surface area contributed by atoms with Crippen LogP contribution in [-0.4, -0.2) is 32.9 Å². The normalized spacial score (nSPS) is 18.8. The Morgan fingerprint density at radius 2 is 1.38 bits per heavy atom. The molecular weight excluding hydrogens is 678 g/mol. The molecule has 0 aromatic heterocycles. The van der Waals surface area contributed by atoms with Gasteiger partial charge in [-0.05, 0) is 75.3 Å². The molecule has 0 saturated heterocycles. The molecule has 0 saturated carbocycles. The molecule has 248 valence electrons. The Labute approximate surface area is 286 Å². The minimum absolute atomic E-state index is 0.0260. The molecule has 0 unspecified atom stereocenters. The number of allylic oxidation sites excluding steroid dienone is 4. The Morgan fingerprint density at radius 3 is 1.92 bits per heavy atom. The summed E-state index contributed by atoms with van der Waals surface area (Å²) >= 11 is 3.56. The second-order valence-electron chi connectivity index (χ2n) is 14.4. The van der Waals surface area contributed by atoms with Gasteiger partial charge < -0.3 is 9.64 Å². The number of non-ortho nitro benzene ring substituents is 1. The fourth-order valence-electron chi connectivity index (χ4n) is 7.28. The summed E-state index contributed by atoms with van der Waals surface area (Å²) in [6, 6.07) is 18.6. The number of hydrogen-bond donors (Lipinski definition) is 0. The first-order valence-corrected chi connectivity index (χ1v) is 16.7. The Kier molecular flexibility index (Phi) is 8.61. The van der Waals surface area contributed by atoms with Crippen LogP contribution in [0.5, 0.6) is 11.5 Å². The van der Waals surface area contributed by atoms with Gasteiger partial charge >= 0.3 is 5.69 Å². The van der Waals surface area contributed by atoms with Crippen LogP contribution in [0.3, 0.4) is 0 Å². The van der Waals surface area contributed by atoms with Gasteiger partial charge in [-0.2, -0.15) is 0 Å². The highest BCUT2D eigenvalue weighted by molar-refractivity contribution is 9.10. The number of benzene rings is 3. The van der Waals surface area contributed by atoms with Crippen LogP contribution in [0.2, 0.25) is 0 Å². The van der Waals surface area contributed by atoms with Gasteiger partial charge in [-0.25, -0.2) is 0 Å². The minimum Gasteiger partial charge on any atom is -0.449 e. The van der Waals surface area contributed by atoms with E-state index in [9.17, 15) is 29.8 Å². The van der Waals surface area contributed by atoms with Crippen molar-refractivity contribution >= 4 is 38.9 Å². The van der Waals surface area contributed by atoms with E-state index < -0.39 is 27.1 Å². The quantitative estimate of drug-likeness (QED) is 0.167. The summed E-state index contributed by atoms with van der Waals surface area (Å²) in [5.74, 6) is -0.438. The molecule has 3 aromatic rings. The van der Waals surface area contributed by atoms with Gasteiger partial charge in [0.1, 0.15) is 5.75 Å². The molecule has 10 nitrogen and oxygen atoms in total. The lowest BCUT2D eigenvalue weighted by molar-refractivity contribution is -0.394. The van der Waals surface area contributed by atoms with E-state index in [4.69, 9.17) is 4.74 Å². The van der Waals surface area contributed by atoms with Crippen molar-refractivity contribution in [2.45, 2.75) is 65.7 Å². The smallest absolute Gasteiger partial charge is 0.318 e. The van der Waals surface area contributed by atoms with E-state index in [1.807, 2.05) is 18.2 Å². The van der Waals surface area contributed by atoms with Crippen LogP contribution in [0.15, 0.2) is 93.7 Å². The van der Waals surface area contributed by atoms with E-state index in [2.05, 4.69) is 60.7 Å². The number of nitro benzene ring substituents is 2. The number of rotatable bonds is 8. The highest BCUT2D eigenvalue weighted by atomic mass is 79.9. The largest absolute Gasteiger partial charge is 0.449 e. The van der Waals surface area contributed by atoms with E-state index in [0.717, 1.165) is 35.5 Å². The van der Waals surface area contributed by atoms with Crippen LogP contribution >= 0.6 is 15.9 Å². The first-order chi connectivity index (χ1) is 22.6. The van der Waals surface area contributed by atoms with Crippen LogP contribution < -0.4 is 4.74 Å². The van der Waals surface area contributed by atoms with Crippen molar-refractivity contribution in [2.24, 2.45) is 10.8 Å². The molecule has 0 amide bonds. The third-order valence-electron chi connectivity index (χ3n) is 9.35. The number of carbonyl (C=O) groups excluding carboxylic acids is 2. The van der Waals surface area contributed by atoms with Crippen molar-refractivity contribution in [3.05, 3.63) is 125 Å². The molecule has 1 heterocycles. The van der Waals surface area contributed by atoms with E-state index in [1.165, 1.54) is 11.6 Å². The van der Waals surface area contributed by atoms with Crippen molar-refractivity contribution in [1.29, 1.82) is 0 Å². The first-order valence-electron chi connectivity index (χ1n) is 15.9. The molecule has 0 N–H and O–H groups in total. The second-order valence-corrected chi connectivity index (χ2v) is 15.2. The number of nitrogens with zero attached hydrogens (tertiary/aromatic N) is 3. The molecule has 48 heavy (non-hydrogen) atoms. The molecule has 1 aliphatic heterocycles. The van der Waals surface area contributed by atoms with E-state index in [-0.39, 0.29) is 33.9 Å². The van der Waals surface area contributed by atoms with E-state index in [1.54, 1.807) is 18.2 Å². The Morgan fingerprint density at radius 1 is 0.792 bits per heavy atom. The molecule has 0 atom stereocenters. The fourth-order valence-corrected chi connectivity index (χ4v) is 7.76. The van der Waals surface area contributed by atoms with Gasteiger partial charge in [0.25, 0.3) is 5.69 Å². The van der Waals surface area contributed by atoms with Gasteiger partial charge in [0.15, 0.2) is 11.6 Å². The molecular formula is C37H36BrN3O7. The zero-order chi connectivity index (χ0) is 34.5. The summed E-state index contributed by atoms with van der Waals surface area (Å²) in [5, 5.41) is 22.9. The third kappa shape index (κ3) is 6.43. The summed E-state index contributed by atoms with van der Waals surface area (Å²) in [7, 11) is 0. The van der Waals surface area contributed by atoms with E-state index in [0.29, 0.717) is 47.8 Å². The van der Waals surface area contributed by atoms with Gasteiger partial charge in [0.2, 0.25) is 5.75 Å². The summed E-state index contributed by atoms with van der Waals surface area (Å²) in [5.41, 5.74) is 3.69. The predicted molar refractivity (Wildman–Crippen MR) is 184 cm³/mol. The van der Waals surface area contributed by atoms with Crippen molar-refractivity contribution in [3.8, 4) is 11.5 Å². The summed E-state index contributed by atoms with van der Waals surface area (Å²) in [6.45, 7) is 9.09. The highest BCUT2D eigenvalue weighted by Gasteiger charge is 2.49. The monoisotopic (exact) mass is 713 g/mol. The first kappa shape index (κ1) is 33.3. The minimum atomic E-state index is -0.732. The van der Waals surface area contributed by atoms with E-state index >= 15 is 0 Å². The number of carbonyl (C=O) groups is 2. The molecule has 11 heteroatoms. The molecule has 3 aromatic carbocycles. The Bertz CT molecular complexity index is 1880. The SMILES string of the molecule is CC1(C)CC(=O)C2=C(C1)N(CCc1ccccc1)C1=C(C(=O)CC(C)(C)C1)C2c1ccc(Oc2ccc([N+](=O)[O-])cc2[N+](=O)[O-])c(Br)c1. The zero-order valence-electron chi connectivity index (χ0n) is 27.2. The Hall–Kier alpha value is -4.64. The molecule has 6 rings (SSSR count). The average molecular weight is 715 g/mol. The summed E-state index contributed by atoms with van der Waals surface area (Å²) in [6.07, 6.45) is 2.87. The van der Waals surface area contributed by atoms with Crippen molar-refractivity contribution in [1.82, 2.24) is 4.90 Å². The number of ether oxygens (including phenoxy) is 1. The lowest BCUT2D eigenvalue weighted by Crippen LogP contribution is -2.45. The van der Waals surface area contributed by atoms with Gasteiger partial charge in [0, 0.05) is 53.9 Å². The predicted octanol–water partition coefficient (Wildman–Crippen LogP) is 8.99. The maximum atomic E-state index is 14.2. The number of Topliss-reactive ketones (excluding diaryl/α,β-unsaturated/α-hetero) is 2. The lowest BCUT2D eigenvalue weighted by atomic mass is 9.63. The van der Waals surface area contributed by atoms with Crippen molar-refractivity contribution in [2.75, 3.05) is 6.54 Å². The maximum Gasteiger partial charge on any atom is 0.318 e. The molecule has 0 bridgehead atoms. The zero-order valence-corrected chi connectivity index (χ0v) is 28.8. The van der Waals surface area contributed by atoms with Crippen LogP contribution in [0.4, 0.5) is 11.4 Å². The number of ketones is 2. The van der Waals surface area contributed by atoms with Crippen LogP contribution in [0.25, 0.3) is 0 Å². The molecule has 3 aliphatic rings. The number of hydrogen-bond acceptors (Lipinski definition) is 8. The van der Waals surface area contributed by atoms with Gasteiger partial charge in [-0.3, -0.25) is 29.8 Å². The lowest BCUT2D eigenvalue weighted by Gasteiger charge is -2.49. The molecule has 0 fully saturated rings. The summed E-state index contributed by atoms with van der Waals surface area (Å²) < 4.78 is 6.36. The number of nitro groups is 2. The van der Waals surface area contributed by atoms with Gasteiger partial charge in [-0.15, -0.1) is 0 Å². The summed E-state index contributed by atoms with van der Waals surface area (Å²) in [4.78, 5) is 52.1. The highest BCUT2D eigenvalue weighted by Crippen LogP contribution is 2.55. The van der Waals surface area contributed by atoms with Crippen LogP contribution in [-0.2, 0) is 16.0 Å². The fraction of sp³-hybridized carbons (Fsp3) is 0.351. The molecule has 0 radical (unpaired) electrons. The van der Waals surface area contributed by atoms with Gasteiger partial charge in [0.05, 0.1) is 20.4 Å². The van der Waals surface area contributed by atoms with Crippen molar-refractivity contribution < 1.29 is 24.2 Å². The van der Waals surface area contributed by atoms with Crippen LogP contribution in [0.1, 0.15) is 70.4 Å². The second kappa shape index (κ2) is 12.4. The Balaban J connectivity index is 1.45. The molecule has 0 spiro atoms. The third-order valence-corrected chi connectivity index (χ3v) is 9.97. The van der Waals surface area contributed by atoms with Gasteiger partial charge in [-0.1, -0.05) is 64.1 Å². The van der Waals surface area contributed by atoms with Crippen molar-refractivity contribution in [3.63, 3.8) is 0 Å². The topological polar surface area (TPSA) is 133 Å². The average Bonchev–Trinajstić information content (AvgIpc) is 3.00. The molecule has 2 aliphatic carbocycles. The van der Waals surface area contributed by atoms with Crippen LogP contribution in [0, 0.1) is 31.1 Å². The number of halogens is 1.